The summed E-state index contributed by atoms with van der Waals surface area (Å²) in [6.07, 6.45) is 5.94. The number of hydrogen-bond acceptors (Lipinski definition) is 3. The number of aliphatic imine (C=N–C) groups is 1. The Hall–Kier alpha value is -2.88. The van der Waals surface area contributed by atoms with Gasteiger partial charge in [-0.1, -0.05) is 35.9 Å². The van der Waals surface area contributed by atoms with E-state index in [9.17, 15) is 0 Å². The van der Waals surface area contributed by atoms with E-state index in [2.05, 4.69) is 35.3 Å². The monoisotopic (exact) mass is 434 g/mol. The van der Waals surface area contributed by atoms with E-state index in [0.717, 1.165) is 58.6 Å². The number of halogens is 2. The molecule has 1 aliphatic rings. The van der Waals surface area contributed by atoms with E-state index in [1.165, 1.54) is 5.57 Å². The lowest BCUT2D eigenvalue weighted by molar-refractivity contribution is 0.571. The Morgan fingerprint density at radius 1 is 0.967 bits per heavy atom. The van der Waals surface area contributed by atoms with Gasteiger partial charge in [-0.15, -0.1) is 12.4 Å². The largest absolute Gasteiger partial charge is 0.457 e. The SMILES string of the molecule is Cl.Clc1ccccc1-c1ccc(/C=C2/CCCN=C2c2ccc3ncccc3c2)o1. The molecule has 4 aromatic rings. The third-order valence-electron chi connectivity index (χ3n) is 5.14. The molecule has 0 unspecified atom stereocenters. The molecule has 2 aromatic carbocycles. The maximum atomic E-state index is 6.31. The number of fused-ring (bicyclic) bond motifs is 1. The third kappa shape index (κ3) is 4.04. The molecular formula is C25H20Cl2N2O. The molecule has 0 fully saturated rings. The predicted octanol–water partition coefficient (Wildman–Crippen LogP) is 7.24. The van der Waals surface area contributed by atoms with E-state index in [0.29, 0.717) is 5.02 Å². The van der Waals surface area contributed by atoms with E-state index in [-0.39, 0.29) is 12.4 Å². The van der Waals surface area contributed by atoms with Gasteiger partial charge in [-0.05, 0) is 67.0 Å². The number of aromatic nitrogens is 1. The Labute approximate surface area is 186 Å². The van der Waals surface area contributed by atoms with Gasteiger partial charge in [0.1, 0.15) is 11.5 Å². The van der Waals surface area contributed by atoms with Crippen molar-refractivity contribution in [3.05, 3.63) is 94.8 Å². The van der Waals surface area contributed by atoms with Crippen molar-refractivity contribution < 1.29 is 4.42 Å². The number of furan rings is 1. The van der Waals surface area contributed by atoms with Crippen LogP contribution >= 0.6 is 24.0 Å². The normalized spacial score (nSPS) is 15.1. The highest BCUT2D eigenvalue weighted by molar-refractivity contribution is 6.33. The summed E-state index contributed by atoms with van der Waals surface area (Å²) in [7, 11) is 0. The maximum absolute atomic E-state index is 6.31. The summed E-state index contributed by atoms with van der Waals surface area (Å²) in [4.78, 5) is 9.24. The molecule has 0 bridgehead atoms. The molecule has 0 radical (unpaired) electrons. The van der Waals surface area contributed by atoms with Gasteiger partial charge >= 0.3 is 0 Å². The smallest absolute Gasteiger partial charge is 0.136 e. The molecule has 0 N–H and O–H groups in total. The van der Waals surface area contributed by atoms with Gasteiger partial charge in [0.05, 0.1) is 16.3 Å². The number of rotatable bonds is 3. The second-order valence-corrected chi connectivity index (χ2v) is 7.50. The summed E-state index contributed by atoms with van der Waals surface area (Å²) in [5, 5.41) is 1.81. The van der Waals surface area contributed by atoms with Gasteiger partial charge in [0.15, 0.2) is 0 Å². The molecule has 2 aromatic heterocycles. The number of allylic oxidation sites excluding steroid dienone is 1. The summed E-state index contributed by atoms with van der Waals surface area (Å²) in [5.74, 6) is 1.58. The average Bonchev–Trinajstić information content (AvgIpc) is 3.22. The summed E-state index contributed by atoms with van der Waals surface area (Å²) >= 11 is 6.31. The van der Waals surface area contributed by atoms with Gasteiger partial charge in [-0.25, -0.2) is 0 Å². The first kappa shape index (κ1) is 20.4. The van der Waals surface area contributed by atoms with E-state index < -0.39 is 0 Å². The number of benzene rings is 2. The third-order valence-corrected chi connectivity index (χ3v) is 5.47. The fourth-order valence-corrected chi connectivity index (χ4v) is 3.96. The summed E-state index contributed by atoms with van der Waals surface area (Å²) in [6.45, 7) is 0.848. The van der Waals surface area contributed by atoms with Crippen LogP contribution in [0.3, 0.4) is 0 Å². The molecule has 0 aliphatic carbocycles. The van der Waals surface area contributed by atoms with Crippen molar-refractivity contribution in [3.63, 3.8) is 0 Å². The molecule has 0 atom stereocenters. The van der Waals surface area contributed by atoms with E-state index in [1.807, 2.05) is 48.7 Å². The number of pyridine rings is 1. The first-order chi connectivity index (χ1) is 14.3. The summed E-state index contributed by atoms with van der Waals surface area (Å²) < 4.78 is 6.08. The van der Waals surface area contributed by atoms with Gasteiger partial charge in [-0.2, -0.15) is 0 Å². The minimum absolute atomic E-state index is 0. The molecule has 1 aliphatic heterocycles. The lowest BCUT2D eigenvalue weighted by atomic mass is 9.94. The van der Waals surface area contributed by atoms with Gasteiger partial charge in [0.2, 0.25) is 0 Å². The van der Waals surface area contributed by atoms with E-state index in [4.69, 9.17) is 21.0 Å². The minimum Gasteiger partial charge on any atom is -0.457 e. The molecule has 0 amide bonds. The Bertz CT molecular complexity index is 1260. The van der Waals surface area contributed by atoms with Gasteiger partial charge in [0.25, 0.3) is 0 Å². The fourth-order valence-electron chi connectivity index (χ4n) is 3.73. The molecule has 5 heteroatoms. The topological polar surface area (TPSA) is 38.4 Å². The Morgan fingerprint density at radius 3 is 2.77 bits per heavy atom. The number of nitrogens with zero attached hydrogens (tertiary/aromatic N) is 2. The minimum atomic E-state index is 0. The van der Waals surface area contributed by atoms with Crippen LogP contribution in [0, 0.1) is 0 Å². The van der Waals surface area contributed by atoms with Crippen LogP contribution in [0.1, 0.15) is 24.2 Å². The summed E-state index contributed by atoms with van der Waals surface area (Å²) in [5.41, 5.74) is 5.25. The van der Waals surface area contributed by atoms with Crippen molar-refractivity contribution in [1.82, 2.24) is 4.98 Å². The molecule has 3 nitrogen and oxygen atoms in total. The zero-order valence-electron chi connectivity index (χ0n) is 16.2. The zero-order valence-corrected chi connectivity index (χ0v) is 17.8. The summed E-state index contributed by atoms with van der Waals surface area (Å²) in [6, 6.07) is 22.0. The average molecular weight is 435 g/mol. The van der Waals surface area contributed by atoms with Crippen molar-refractivity contribution in [2.75, 3.05) is 6.54 Å². The van der Waals surface area contributed by atoms with Crippen molar-refractivity contribution in [1.29, 1.82) is 0 Å². The standard InChI is InChI=1S/C25H19ClN2O.ClH/c26-22-8-2-1-7-21(22)24-12-10-20(29-24)16-18-6-4-14-28-25(18)19-9-11-23-17(15-19)5-3-13-27-23;/h1-3,5,7-13,15-16H,4,6,14H2;1H/b18-16-;. The molecule has 3 heterocycles. The maximum Gasteiger partial charge on any atom is 0.136 e. The van der Waals surface area contributed by atoms with Crippen LogP contribution in [0.2, 0.25) is 5.02 Å². The first-order valence-corrected chi connectivity index (χ1v) is 10.1. The van der Waals surface area contributed by atoms with E-state index >= 15 is 0 Å². The lowest BCUT2D eigenvalue weighted by Gasteiger charge is -2.16. The molecular weight excluding hydrogens is 415 g/mol. The van der Waals surface area contributed by atoms with Crippen LogP contribution in [-0.2, 0) is 0 Å². The highest BCUT2D eigenvalue weighted by Gasteiger charge is 2.16. The van der Waals surface area contributed by atoms with E-state index in [1.54, 1.807) is 0 Å². The second-order valence-electron chi connectivity index (χ2n) is 7.10. The predicted molar refractivity (Wildman–Crippen MR) is 127 cm³/mol. The molecule has 150 valence electrons. The molecule has 0 saturated carbocycles. The van der Waals surface area contributed by atoms with Gasteiger partial charge in [0, 0.05) is 29.3 Å². The van der Waals surface area contributed by atoms with Crippen LogP contribution in [0.25, 0.3) is 28.3 Å². The van der Waals surface area contributed by atoms with Crippen molar-refractivity contribution >= 4 is 46.7 Å². The first-order valence-electron chi connectivity index (χ1n) is 9.73. The van der Waals surface area contributed by atoms with Crippen molar-refractivity contribution in [2.24, 2.45) is 4.99 Å². The Morgan fingerprint density at radius 2 is 1.87 bits per heavy atom. The highest BCUT2D eigenvalue weighted by atomic mass is 35.5. The second kappa shape index (κ2) is 8.86. The van der Waals surface area contributed by atoms with Crippen LogP contribution in [0.4, 0.5) is 0 Å². The van der Waals surface area contributed by atoms with Crippen LogP contribution < -0.4 is 0 Å². The quantitative estimate of drug-likeness (QED) is 0.340. The lowest BCUT2D eigenvalue weighted by Crippen LogP contribution is -2.11. The zero-order chi connectivity index (χ0) is 19.6. The van der Waals surface area contributed by atoms with Gasteiger partial charge < -0.3 is 4.42 Å². The van der Waals surface area contributed by atoms with Crippen LogP contribution in [0.5, 0.6) is 0 Å². The van der Waals surface area contributed by atoms with Crippen molar-refractivity contribution in [3.8, 4) is 11.3 Å². The van der Waals surface area contributed by atoms with Crippen LogP contribution in [0.15, 0.2) is 87.9 Å². The van der Waals surface area contributed by atoms with Gasteiger partial charge in [-0.3, -0.25) is 9.98 Å². The Balaban J connectivity index is 0.00000218. The molecule has 0 saturated heterocycles. The fraction of sp³-hybridized carbons (Fsp3) is 0.120. The molecule has 0 spiro atoms. The Kier molecular flexibility index (Phi) is 6.03. The molecule has 5 rings (SSSR count). The molecule has 30 heavy (non-hydrogen) atoms. The van der Waals surface area contributed by atoms with Crippen LogP contribution in [-0.4, -0.2) is 17.2 Å². The van der Waals surface area contributed by atoms with Crippen molar-refractivity contribution in [2.45, 2.75) is 12.8 Å². The highest BCUT2D eigenvalue weighted by Crippen LogP contribution is 2.31. The number of hydrogen-bond donors (Lipinski definition) is 0.